The maximum absolute atomic E-state index is 10.9. The van der Waals surface area contributed by atoms with Crippen LogP contribution in [0.15, 0.2) is 22.8 Å². The third-order valence-electron chi connectivity index (χ3n) is 1.08. The molecule has 0 atom stereocenters. The molecule has 0 saturated heterocycles. The molecular formula is C8H9O3. The van der Waals surface area contributed by atoms with Gasteiger partial charge in [-0.2, -0.15) is 0 Å². The molecule has 1 radical (unpaired) electrons. The summed E-state index contributed by atoms with van der Waals surface area (Å²) >= 11 is 0. The van der Waals surface area contributed by atoms with E-state index in [1.807, 2.05) is 6.92 Å². The van der Waals surface area contributed by atoms with Crippen molar-refractivity contribution in [1.82, 2.24) is 0 Å². The first-order valence-corrected chi connectivity index (χ1v) is 3.40. The lowest BCUT2D eigenvalue weighted by atomic mass is 10.4. The quantitative estimate of drug-likeness (QED) is 0.623. The Hall–Kier alpha value is -1.25. The molecule has 0 aliphatic rings. The summed E-state index contributed by atoms with van der Waals surface area (Å²) in [5.74, 6) is -0.216. The second-order valence-corrected chi connectivity index (χ2v) is 1.96. The van der Waals surface area contributed by atoms with Gasteiger partial charge in [0.15, 0.2) is 0 Å². The number of rotatable bonds is 3. The predicted molar refractivity (Wildman–Crippen MR) is 38.7 cm³/mol. The molecule has 3 heteroatoms. The van der Waals surface area contributed by atoms with Crippen molar-refractivity contribution in [3.63, 3.8) is 0 Å². The second-order valence-electron chi connectivity index (χ2n) is 1.96. The summed E-state index contributed by atoms with van der Waals surface area (Å²) in [5.41, 5.74) is 0. The molecule has 1 aromatic rings. The highest BCUT2D eigenvalue weighted by Gasteiger charge is 2.08. The van der Waals surface area contributed by atoms with Crippen molar-refractivity contribution in [3.05, 3.63) is 30.8 Å². The second kappa shape index (κ2) is 3.81. The summed E-state index contributed by atoms with van der Waals surface area (Å²) < 4.78 is 9.48. The van der Waals surface area contributed by atoms with E-state index in [9.17, 15) is 4.79 Å². The van der Waals surface area contributed by atoms with Crippen LogP contribution in [0.1, 0.15) is 23.9 Å². The highest BCUT2D eigenvalue weighted by Crippen LogP contribution is 2.03. The maximum atomic E-state index is 10.9. The molecule has 0 unspecified atom stereocenters. The maximum Gasteiger partial charge on any atom is 0.374 e. The van der Waals surface area contributed by atoms with E-state index >= 15 is 0 Å². The molecule has 0 spiro atoms. The minimum absolute atomic E-state index is 0.231. The minimum Gasteiger partial charge on any atom is -0.457 e. The molecule has 1 rings (SSSR count). The Balaban J connectivity index is 2.43. The molecule has 0 saturated carbocycles. The topological polar surface area (TPSA) is 39.4 Å². The highest BCUT2D eigenvalue weighted by molar-refractivity contribution is 5.86. The first kappa shape index (κ1) is 7.85. The van der Waals surface area contributed by atoms with E-state index in [0.29, 0.717) is 6.42 Å². The lowest BCUT2D eigenvalue weighted by molar-refractivity contribution is 0.0566. The van der Waals surface area contributed by atoms with E-state index in [4.69, 9.17) is 4.42 Å². The van der Waals surface area contributed by atoms with E-state index in [1.165, 1.54) is 12.9 Å². The monoisotopic (exact) mass is 153 g/mol. The first-order chi connectivity index (χ1) is 5.34. The van der Waals surface area contributed by atoms with Crippen LogP contribution < -0.4 is 0 Å². The summed E-state index contributed by atoms with van der Waals surface area (Å²) in [5, 5.41) is 0. The Morgan fingerprint density at radius 2 is 2.64 bits per heavy atom. The van der Waals surface area contributed by atoms with Gasteiger partial charge in [0.2, 0.25) is 5.76 Å². The fourth-order valence-corrected chi connectivity index (χ4v) is 0.612. The number of hydrogen-bond acceptors (Lipinski definition) is 3. The zero-order valence-corrected chi connectivity index (χ0v) is 6.24. The van der Waals surface area contributed by atoms with Gasteiger partial charge in [0.25, 0.3) is 0 Å². The van der Waals surface area contributed by atoms with Crippen LogP contribution in [-0.4, -0.2) is 5.97 Å². The van der Waals surface area contributed by atoms with Crippen LogP contribution in [0.2, 0.25) is 0 Å². The fraction of sp³-hybridized carbons (Fsp3) is 0.250. The molecule has 3 nitrogen and oxygen atoms in total. The number of ether oxygens (including phenoxy) is 1. The van der Waals surface area contributed by atoms with Gasteiger partial charge >= 0.3 is 5.97 Å². The Morgan fingerprint density at radius 3 is 3.18 bits per heavy atom. The van der Waals surface area contributed by atoms with Gasteiger partial charge in [-0.1, -0.05) is 6.92 Å². The Morgan fingerprint density at radius 1 is 1.82 bits per heavy atom. The van der Waals surface area contributed by atoms with Crippen molar-refractivity contribution in [2.75, 3.05) is 0 Å². The van der Waals surface area contributed by atoms with Crippen LogP contribution in [0.25, 0.3) is 0 Å². The Bertz CT molecular complexity index is 213. The summed E-state index contributed by atoms with van der Waals surface area (Å²) in [4.78, 5) is 10.9. The SMILES string of the molecule is CC[CH]OC(=O)c1ccco1. The molecular weight excluding hydrogens is 144 g/mol. The van der Waals surface area contributed by atoms with Crippen LogP contribution in [0.3, 0.4) is 0 Å². The first-order valence-electron chi connectivity index (χ1n) is 3.40. The molecule has 0 aliphatic heterocycles. The Kier molecular flexibility index (Phi) is 2.72. The van der Waals surface area contributed by atoms with E-state index in [1.54, 1.807) is 12.1 Å². The molecule has 0 N–H and O–H groups in total. The minimum atomic E-state index is -0.447. The van der Waals surface area contributed by atoms with Crippen molar-refractivity contribution >= 4 is 5.97 Å². The summed E-state index contributed by atoms with van der Waals surface area (Å²) in [6.45, 7) is 3.32. The van der Waals surface area contributed by atoms with Crippen molar-refractivity contribution in [2.24, 2.45) is 0 Å². The molecule has 1 heterocycles. The molecule has 11 heavy (non-hydrogen) atoms. The molecule has 0 bridgehead atoms. The van der Waals surface area contributed by atoms with Crippen LogP contribution in [-0.2, 0) is 4.74 Å². The van der Waals surface area contributed by atoms with Crippen LogP contribution in [0.4, 0.5) is 0 Å². The number of furan rings is 1. The zero-order valence-electron chi connectivity index (χ0n) is 6.24. The molecule has 0 amide bonds. The third kappa shape index (κ3) is 2.11. The zero-order chi connectivity index (χ0) is 8.10. The lowest BCUT2D eigenvalue weighted by Gasteiger charge is -1.96. The average molecular weight is 153 g/mol. The standard InChI is InChI=1S/C8H9O3/c1-2-5-11-8(9)7-4-3-6-10-7/h3-6H,2H2,1H3. The third-order valence-corrected chi connectivity index (χ3v) is 1.08. The number of carbonyl (C=O) groups is 1. The van der Waals surface area contributed by atoms with E-state index in [2.05, 4.69) is 4.74 Å². The fourth-order valence-electron chi connectivity index (χ4n) is 0.612. The van der Waals surface area contributed by atoms with Gasteiger partial charge < -0.3 is 9.15 Å². The van der Waals surface area contributed by atoms with Gasteiger partial charge in [-0.25, -0.2) is 4.79 Å². The summed E-state index contributed by atoms with van der Waals surface area (Å²) in [6, 6.07) is 3.20. The van der Waals surface area contributed by atoms with Gasteiger partial charge in [0.05, 0.1) is 6.26 Å². The van der Waals surface area contributed by atoms with E-state index in [-0.39, 0.29) is 5.76 Å². The van der Waals surface area contributed by atoms with E-state index < -0.39 is 5.97 Å². The van der Waals surface area contributed by atoms with Gasteiger partial charge in [-0.05, 0) is 18.6 Å². The van der Waals surface area contributed by atoms with Gasteiger partial charge in [-0.3, -0.25) is 0 Å². The number of esters is 1. The van der Waals surface area contributed by atoms with E-state index in [0.717, 1.165) is 0 Å². The Labute approximate surface area is 65.0 Å². The van der Waals surface area contributed by atoms with Gasteiger partial charge in [0, 0.05) is 0 Å². The largest absolute Gasteiger partial charge is 0.457 e. The van der Waals surface area contributed by atoms with Crippen molar-refractivity contribution < 1.29 is 13.9 Å². The van der Waals surface area contributed by atoms with Gasteiger partial charge in [0.1, 0.15) is 6.61 Å². The van der Waals surface area contributed by atoms with Crippen LogP contribution in [0.5, 0.6) is 0 Å². The summed E-state index contributed by atoms with van der Waals surface area (Å²) in [7, 11) is 0. The molecule has 59 valence electrons. The van der Waals surface area contributed by atoms with Crippen molar-refractivity contribution in [3.8, 4) is 0 Å². The van der Waals surface area contributed by atoms with Crippen LogP contribution in [0, 0.1) is 6.61 Å². The molecule has 0 aliphatic carbocycles. The van der Waals surface area contributed by atoms with Crippen molar-refractivity contribution in [2.45, 2.75) is 13.3 Å². The number of carbonyl (C=O) groups excluding carboxylic acids is 1. The smallest absolute Gasteiger partial charge is 0.374 e. The van der Waals surface area contributed by atoms with Crippen molar-refractivity contribution in [1.29, 1.82) is 0 Å². The van der Waals surface area contributed by atoms with Crippen LogP contribution >= 0.6 is 0 Å². The normalized spacial score (nSPS) is 9.55. The average Bonchev–Trinajstić information content (AvgIpc) is 2.52. The van der Waals surface area contributed by atoms with Gasteiger partial charge in [-0.15, -0.1) is 0 Å². The lowest BCUT2D eigenvalue weighted by Crippen LogP contribution is -2.00. The number of hydrogen-bond donors (Lipinski definition) is 0. The summed E-state index contributed by atoms with van der Waals surface area (Å²) in [6.07, 6.45) is 2.13. The molecule has 0 fully saturated rings. The highest BCUT2D eigenvalue weighted by atomic mass is 16.5. The predicted octanol–water partition coefficient (Wildman–Crippen LogP) is 2.01. The molecule has 0 aromatic carbocycles. The molecule has 1 aromatic heterocycles.